The Labute approximate surface area is 166 Å². The average Bonchev–Trinajstić information content (AvgIpc) is 2.69. The molecule has 0 saturated carbocycles. The third-order valence-corrected chi connectivity index (χ3v) is 5.79. The van der Waals surface area contributed by atoms with Gasteiger partial charge in [-0.15, -0.1) is 0 Å². The quantitative estimate of drug-likeness (QED) is 0.712. The van der Waals surface area contributed by atoms with Gasteiger partial charge < -0.3 is 10.0 Å². The Hall–Kier alpha value is -3.06. The van der Waals surface area contributed by atoms with Crippen molar-refractivity contribution in [3.63, 3.8) is 0 Å². The molecule has 0 aliphatic carbocycles. The van der Waals surface area contributed by atoms with Gasteiger partial charge in [-0.2, -0.15) is 5.26 Å². The van der Waals surface area contributed by atoms with Gasteiger partial charge in [0.15, 0.2) is 0 Å². The number of rotatable bonds is 3. The van der Waals surface area contributed by atoms with Crippen molar-refractivity contribution in [2.75, 3.05) is 18.0 Å². The van der Waals surface area contributed by atoms with Crippen LogP contribution < -0.4 is 4.90 Å². The van der Waals surface area contributed by atoms with Crippen molar-refractivity contribution >= 4 is 16.6 Å². The van der Waals surface area contributed by atoms with Gasteiger partial charge >= 0.3 is 0 Å². The molecule has 4 heteroatoms. The van der Waals surface area contributed by atoms with Crippen molar-refractivity contribution in [2.45, 2.75) is 33.1 Å². The second-order valence-electron chi connectivity index (χ2n) is 7.83. The molecular weight excluding hydrogens is 346 g/mol. The molecule has 4 rings (SSSR count). The third kappa shape index (κ3) is 3.41. The summed E-state index contributed by atoms with van der Waals surface area (Å²) in [7, 11) is 0. The molecule has 1 aliphatic heterocycles. The van der Waals surface area contributed by atoms with Crippen molar-refractivity contribution in [3.8, 4) is 11.8 Å². The lowest BCUT2D eigenvalue weighted by Crippen LogP contribution is -2.35. The monoisotopic (exact) mass is 371 g/mol. The van der Waals surface area contributed by atoms with Gasteiger partial charge in [-0.1, -0.05) is 30.3 Å². The van der Waals surface area contributed by atoms with Crippen LogP contribution in [0.2, 0.25) is 0 Å². The Morgan fingerprint density at radius 3 is 2.54 bits per heavy atom. The maximum atomic E-state index is 10.8. The number of phenols is 1. The SMILES string of the molecule is Cc1cc2cc(C)c(C#N)c(O)c2c(N2CCC(Cc3ccccc3)CC2)n1. The lowest BCUT2D eigenvalue weighted by Gasteiger charge is -2.34. The third-order valence-electron chi connectivity index (χ3n) is 5.79. The topological polar surface area (TPSA) is 60.1 Å². The molecule has 3 aromatic rings. The summed E-state index contributed by atoms with van der Waals surface area (Å²) in [5.41, 5.74) is 3.47. The number of anilines is 1. The van der Waals surface area contributed by atoms with Crippen LogP contribution in [0.1, 0.15) is 35.2 Å². The molecule has 2 heterocycles. The molecule has 0 radical (unpaired) electrons. The zero-order chi connectivity index (χ0) is 19.7. The fourth-order valence-corrected chi connectivity index (χ4v) is 4.32. The Kier molecular flexibility index (Phi) is 4.92. The normalized spacial score (nSPS) is 15.0. The van der Waals surface area contributed by atoms with E-state index in [1.807, 2.05) is 26.0 Å². The molecule has 0 bridgehead atoms. The van der Waals surface area contributed by atoms with Crippen molar-refractivity contribution in [1.29, 1.82) is 5.26 Å². The molecule has 1 aliphatic rings. The largest absolute Gasteiger partial charge is 0.506 e. The molecule has 4 nitrogen and oxygen atoms in total. The van der Waals surface area contributed by atoms with Gasteiger partial charge in [0.25, 0.3) is 0 Å². The van der Waals surface area contributed by atoms with Gasteiger partial charge in [-0.05, 0) is 67.7 Å². The maximum Gasteiger partial charge on any atom is 0.145 e. The van der Waals surface area contributed by atoms with Crippen LogP contribution in [0.25, 0.3) is 10.8 Å². The minimum Gasteiger partial charge on any atom is -0.506 e. The van der Waals surface area contributed by atoms with Gasteiger partial charge in [0.1, 0.15) is 17.6 Å². The zero-order valence-corrected chi connectivity index (χ0v) is 16.4. The number of aromatic hydroxyl groups is 1. The smallest absolute Gasteiger partial charge is 0.145 e. The summed E-state index contributed by atoms with van der Waals surface area (Å²) >= 11 is 0. The Morgan fingerprint density at radius 2 is 1.86 bits per heavy atom. The number of fused-ring (bicyclic) bond motifs is 1. The van der Waals surface area contributed by atoms with Gasteiger partial charge in [-0.3, -0.25) is 0 Å². The van der Waals surface area contributed by atoms with Crippen LogP contribution >= 0.6 is 0 Å². The summed E-state index contributed by atoms with van der Waals surface area (Å²) in [5.74, 6) is 1.54. The Bertz CT molecular complexity index is 1050. The van der Waals surface area contributed by atoms with E-state index >= 15 is 0 Å². The van der Waals surface area contributed by atoms with E-state index in [0.717, 1.165) is 54.8 Å². The van der Waals surface area contributed by atoms with Crippen LogP contribution in [0.5, 0.6) is 5.75 Å². The molecule has 0 atom stereocenters. The predicted molar refractivity (Wildman–Crippen MR) is 113 cm³/mol. The number of benzene rings is 2. The molecule has 0 amide bonds. The van der Waals surface area contributed by atoms with E-state index in [9.17, 15) is 10.4 Å². The van der Waals surface area contributed by atoms with Crippen LogP contribution in [-0.2, 0) is 6.42 Å². The highest BCUT2D eigenvalue weighted by molar-refractivity contribution is 5.99. The van der Waals surface area contributed by atoms with Gasteiger partial charge in [0.2, 0.25) is 0 Å². The first-order valence-electron chi connectivity index (χ1n) is 9.89. The number of nitrogens with zero attached hydrogens (tertiary/aromatic N) is 3. The molecule has 2 aromatic carbocycles. The maximum absolute atomic E-state index is 10.8. The number of nitriles is 1. The Balaban J connectivity index is 1.62. The summed E-state index contributed by atoms with van der Waals surface area (Å²) < 4.78 is 0. The first-order chi connectivity index (χ1) is 13.6. The molecule has 142 valence electrons. The Morgan fingerprint density at radius 1 is 1.14 bits per heavy atom. The molecule has 0 spiro atoms. The van der Waals surface area contributed by atoms with Crippen LogP contribution in [0.15, 0.2) is 42.5 Å². The number of hydrogen-bond acceptors (Lipinski definition) is 4. The fraction of sp³-hybridized carbons (Fsp3) is 0.333. The summed E-state index contributed by atoms with van der Waals surface area (Å²) in [6, 6.07) is 16.8. The second kappa shape index (κ2) is 7.52. The van der Waals surface area contributed by atoms with Gasteiger partial charge in [0.05, 0.1) is 10.9 Å². The molecule has 1 aromatic heterocycles. The molecule has 1 N–H and O–H groups in total. The predicted octanol–water partition coefficient (Wildman–Crippen LogP) is 4.89. The van der Waals surface area contributed by atoms with E-state index in [1.54, 1.807) is 0 Å². The number of pyridine rings is 1. The first kappa shape index (κ1) is 18.3. The second-order valence-corrected chi connectivity index (χ2v) is 7.83. The number of hydrogen-bond donors (Lipinski definition) is 1. The highest BCUT2D eigenvalue weighted by atomic mass is 16.3. The summed E-state index contributed by atoms with van der Waals surface area (Å²) in [6.45, 7) is 5.68. The summed E-state index contributed by atoms with van der Waals surface area (Å²) in [4.78, 5) is 7.03. The highest BCUT2D eigenvalue weighted by Crippen LogP contribution is 2.38. The molecule has 1 saturated heterocycles. The van der Waals surface area contributed by atoms with E-state index in [-0.39, 0.29) is 5.75 Å². The van der Waals surface area contributed by atoms with Crippen LogP contribution in [0, 0.1) is 31.1 Å². The van der Waals surface area contributed by atoms with Crippen LogP contribution in [0.4, 0.5) is 5.82 Å². The van der Waals surface area contributed by atoms with E-state index in [4.69, 9.17) is 4.98 Å². The van der Waals surface area contributed by atoms with Crippen LogP contribution in [-0.4, -0.2) is 23.2 Å². The minimum absolute atomic E-state index is 0.0615. The van der Waals surface area contributed by atoms with E-state index in [0.29, 0.717) is 16.9 Å². The van der Waals surface area contributed by atoms with E-state index in [1.165, 1.54) is 5.56 Å². The minimum atomic E-state index is 0.0615. The van der Waals surface area contributed by atoms with Crippen molar-refractivity contribution in [1.82, 2.24) is 4.98 Å². The van der Waals surface area contributed by atoms with Gasteiger partial charge in [-0.25, -0.2) is 4.98 Å². The molecule has 1 fully saturated rings. The van der Waals surface area contributed by atoms with E-state index in [2.05, 4.69) is 41.3 Å². The zero-order valence-electron chi connectivity index (χ0n) is 16.4. The highest BCUT2D eigenvalue weighted by Gasteiger charge is 2.24. The number of aryl methyl sites for hydroxylation is 2. The van der Waals surface area contributed by atoms with Crippen LogP contribution in [0.3, 0.4) is 0 Å². The number of phenolic OH excluding ortho intramolecular Hbond substituents is 1. The number of aromatic nitrogens is 1. The standard InChI is InChI=1S/C24H25N3O/c1-16-12-20-13-17(2)26-24(22(20)23(28)21(16)15-25)27-10-8-19(9-11-27)14-18-6-4-3-5-7-18/h3-7,12-13,19,28H,8-11,14H2,1-2H3. The molecule has 0 unspecified atom stereocenters. The average molecular weight is 371 g/mol. The summed E-state index contributed by atoms with van der Waals surface area (Å²) in [6.07, 6.45) is 3.31. The van der Waals surface area contributed by atoms with Crippen molar-refractivity contribution in [2.24, 2.45) is 5.92 Å². The lowest BCUT2D eigenvalue weighted by atomic mass is 9.90. The van der Waals surface area contributed by atoms with E-state index < -0.39 is 0 Å². The lowest BCUT2D eigenvalue weighted by molar-refractivity contribution is 0.402. The molecular formula is C24H25N3O. The van der Waals surface area contributed by atoms with Gasteiger partial charge in [0, 0.05) is 18.8 Å². The first-order valence-corrected chi connectivity index (χ1v) is 9.89. The number of piperidine rings is 1. The molecule has 28 heavy (non-hydrogen) atoms. The fourth-order valence-electron chi connectivity index (χ4n) is 4.32. The van der Waals surface area contributed by atoms with Crippen molar-refractivity contribution < 1.29 is 5.11 Å². The van der Waals surface area contributed by atoms with Crippen molar-refractivity contribution in [3.05, 3.63) is 64.8 Å². The summed E-state index contributed by atoms with van der Waals surface area (Å²) in [5, 5.41) is 21.9.